The van der Waals surface area contributed by atoms with Crippen LogP contribution in [0.2, 0.25) is 5.15 Å². The number of benzene rings is 1. The van der Waals surface area contributed by atoms with Crippen LogP contribution < -0.4 is 0 Å². The van der Waals surface area contributed by atoms with Crippen LogP contribution in [0.25, 0.3) is 33.8 Å². The van der Waals surface area contributed by atoms with Crippen LogP contribution in [0, 0.1) is 11.3 Å². The van der Waals surface area contributed by atoms with Crippen LogP contribution in [0.3, 0.4) is 0 Å². The van der Waals surface area contributed by atoms with Gasteiger partial charge in [-0.05, 0) is 12.1 Å². The number of hydrogen-bond acceptors (Lipinski definition) is 4. The van der Waals surface area contributed by atoms with Crippen LogP contribution in [0.4, 0.5) is 13.2 Å². The monoisotopic (exact) mass is 458 g/mol. The van der Waals surface area contributed by atoms with Gasteiger partial charge >= 0.3 is 6.18 Å². The van der Waals surface area contributed by atoms with Gasteiger partial charge in [-0.15, -0.1) is 0 Å². The number of hydrogen-bond donors (Lipinski definition) is 1. The molecule has 0 saturated heterocycles. The highest BCUT2D eigenvalue weighted by Gasteiger charge is 2.34. The fourth-order valence-corrected chi connectivity index (χ4v) is 3.84. The predicted octanol–water partition coefficient (Wildman–Crippen LogP) is 5.87. The molecule has 164 valence electrons. The SMILES string of the molecule is Cn1nc(C(C)(C)C)c(C#N)c1-c1nc2c(Cl)nc(-c3ccccc3C(F)(F)F)cc2[nH]1. The molecular weight excluding hydrogens is 441 g/mol. The largest absolute Gasteiger partial charge is 0.417 e. The Kier molecular flexibility index (Phi) is 5.01. The van der Waals surface area contributed by atoms with Crippen molar-refractivity contribution in [2.24, 2.45) is 7.05 Å². The fourth-order valence-electron chi connectivity index (χ4n) is 3.61. The fraction of sp³-hybridized carbons (Fsp3) is 0.273. The summed E-state index contributed by atoms with van der Waals surface area (Å²) in [5.41, 5.74) is 0.915. The number of imidazole rings is 1. The van der Waals surface area contributed by atoms with E-state index >= 15 is 0 Å². The van der Waals surface area contributed by atoms with Gasteiger partial charge in [0.25, 0.3) is 0 Å². The molecular formula is C22H18ClF3N6. The number of halogens is 4. The molecule has 0 unspecified atom stereocenters. The van der Waals surface area contributed by atoms with Crippen molar-refractivity contribution in [3.05, 3.63) is 52.3 Å². The number of rotatable bonds is 2. The molecule has 0 aliphatic heterocycles. The summed E-state index contributed by atoms with van der Waals surface area (Å²) in [5.74, 6) is 0.326. The third kappa shape index (κ3) is 3.60. The number of nitrogens with one attached hydrogen (secondary N) is 1. The van der Waals surface area contributed by atoms with Gasteiger partial charge < -0.3 is 4.98 Å². The van der Waals surface area contributed by atoms with E-state index in [-0.39, 0.29) is 27.3 Å². The van der Waals surface area contributed by atoms with Crippen molar-refractivity contribution in [2.75, 3.05) is 0 Å². The van der Waals surface area contributed by atoms with Crippen LogP contribution in [0.15, 0.2) is 30.3 Å². The maximum atomic E-state index is 13.5. The minimum absolute atomic E-state index is 0.0475. The molecule has 4 aromatic rings. The number of aryl methyl sites for hydroxylation is 1. The van der Waals surface area contributed by atoms with Crippen molar-refractivity contribution in [1.82, 2.24) is 24.7 Å². The summed E-state index contributed by atoms with van der Waals surface area (Å²) in [5, 5.41) is 14.2. The number of pyridine rings is 1. The first kappa shape index (κ1) is 21.8. The molecule has 1 aromatic carbocycles. The second-order valence-electron chi connectivity index (χ2n) is 8.38. The van der Waals surface area contributed by atoms with E-state index in [1.807, 2.05) is 20.8 Å². The number of nitrogens with zero attached hydrogens (tertiary/aromatic N) is 5. The molecule has 1 N–H and O–H groups in total. The van der Waals surface area contributed by atoms with Crippen molar-refractivity contribution < 1.29 is 13.2 Å². The van der Waals surface area contributed by atoms with Crippen LogP contribution in [-0.2, 0) is 18.6 Å². The zero-order chi connectivity index (χ0) is 23.4. The number of nitriles is 1. The van der Waals surface area contributed by atoms with E-state index in [1.165, 1.54) is 24.3 Å². The number of H-pyrrole nitrogens is 1. The van der Waals surface area contributed by atoms with Crippen LogP contribution in [0.1, 0.15) is 37.6 Å². The van der Waals surface area contributed by atoms with Gasteiger partial charge in [-0.1, -0.05) is 50.6 Å². The van der Waals surface area contributed by atoms with Gasteiger partial charge in [-0.25, -0.2) is 9.97 Å². The summed E-state index contributed by atoms with van der Waals surface area (Å²) in [7, 11) is 1.70. The van der Waals surface area contributed by atoms with E-state index in [4.69, 9.17) is 11.6 Å². The van der Waals surface area contributed by atoms with Gasteiger partial charge in [-0.3, -0.25) is 4.68 Å². The molecule has 3 heterocycles. The smallest absolute Gasteiger partial charge is 0.336 e. The van der Waals surface area contributed by atoms with E-state index in [1.54, 1.807) is 11.7 Å². The summed E-state index contributed by atoms with van der Waals surface area (Å²) in [6.45, 7) is 5.84. The average Bonchev–Trinajstić information content (AvgIpc) is 3.27. The van der Waals surface area contributed by atoms with Crippen molar-refractivity contribution in [2.45, 2.75) is 32.4 Å². The molecule has 0 radical (unpaired) electrons. The summed E-state index contributed by atoms with van der Waals surface area (Å²) in [4.78, 5) is 11.7. The van der Waals surface area contributed by atoms with Crippen LogP contribution in [-0.4, -0.2) is 24.7 Å². The third-order valence-corrected chi connectivity index (χ3v) is 5.29. The molecule has 0 aliphatic carbocycles. The van der Waals surface area contributed by atoms with Gasteiger partial charge in [0.15, 0.2) is 11.0 Å². The molecule has 10 heteroatoms. The van der Waals surface area contributed by atoms with E-state index in [0.29, 0.717) is 28.3 Å². The van der Waals surface area contributed by atoms with Crippen LogP contribution in [0.5, 0.6) is 0 Å². The Morgan fingerprint density at radius 2 is 1.81 bits per heavy atom. The highest BCUT2D eigenvalue weighted by atomic mass is 35.5. The van der Waals surface area contributed by atoms with E-state index in [0.717, 1.165) is 6.07 Å². The zero-order valence-corrected chi connectivity index (χ0v) is 18.4. The van der Waals surface area contributed by atoms with Crippen LogP contribution >= 0.6 is 11.6 Å². The Bertz CT molecular complexity index is 1390. The van der Waals surface area contributed by atoms with E-state index in [9.17, 15) is 18.4 Å². The molecule has 6 nitrogen and oxygen atoms in total. The Balaban J connectivity index is 1.92. The molecule has 0 bridgehead atoms. The predicted molar refractivity (Wildman–Crippen MR) is 115 cm³/mol. The third-order valence-electron chi connectivity index (χ3n) is 5.03. The average molecular weight is 459 g/mol. The first-order valence-corrected chi connectivity index (χ1v) is 10.0. The Labute approximate surface area is 186 Å². The number of alkyl halides is 3. The lowest BCUT2D eigenvalue weighted by Gasteiger charge is -2.15. The molecule has 0 fully saturated rings. The molecule has 0 saturated carbocycles. The lowest BCUT2D eigenvalue weighted by atomic mass is 9.89. The molecule has 0 spiro atoms. The summed E-state index contributed by atoms with van der Waals surface area (Å²) in [6, 6.07) is 8.82. The Hall–Kier alpha value is -3.38. The zero-order valence-electron chi connectivity index (χ0n) is 17.6. The standard InChI is InChI=1S/C22H18ClF3N6/c1-21(2,3)18-12(10-27)17(32(4)31-18)20-29-15-9-14(28-19(23)16(15)30-20)11-7-5-6-8-13(11)22(24,25)26/h5-9H,1-4H3,(H,29,30). The quantitative estimate of drug-likeness (QED) is 0.381. The minimum Gasteiger partial charge on any atom is -0.336 e. The van der Waals surface area contributed by atoms with E-state index < -0.39 is 11.7 Å². The normalized spacial score (nSPS) is 12.3. The molecule has 3 aromatic heterocycles. The molecule has 0 amide bonds. The second kappa shape index (κ2) is 7.35. The number of aromatic amines is 1. The van der Waals surface area contributed by atoms with Crippen molar-refractivity contribution in [1.29, 1.82) is 5.26 Å². The topological polar surface area (TPSA) is 83.2 Å². The van der Waals surface area contributed by atoms with Crippen molar-refractivity contribution >= 4 is 22.6 Å². The highest BCUT2D eigenvalue weighted by Crippen LogP contribution is 2.38. The van der Waals surface area contributed by atoms with Gasteiger partial charge in [0.05, 0.1) is 22.5 Å². The first-order chi connectivity index (χ1) is 14.9. The Morgan fingerprint density at radius 1 is 1.12 bits per heavy atom. The molecule has 4 rings (SSSR count). The maximum Gasteiger partial charge on any atom is 0.417 e. The summed E-state index contributed by atoms with van der Waals surface area (Å²) >= 11 is 6.31. The lowest BCUT2D eigenvalue weighted by molar-refractivity contribution is -0.137. The van der Waals surface area contributed by atoms with E-state index in [2.05, 4.69) is 26.1 Å². The van der Waals surface area contributed by atoms with Gasteiger partial charge in [0, 0.05) is 18.0 Å². The van der Waals surface area contributed by atoms with Crippen molar-refractivity contribution in [3.8, 4) is 28.8 Å². The summed E-state index contributed by atoms with van der Waals surface area (Å²) in [6.07, 6.45) is -4.54. The van der Waals surface area contributed by atoms with Gasteiger partial charge in [0.2, 0.25) is 0 Å². The minimum atomic E-state index is -4.54. The number of fused-ring (bicyclic) bond motifs is 1. The summed E-state index contributed by atoms with van der Waals surface area (Å²) < 4.78 is 42.0. The lowest BCUT2D eigenvalue weighted by Crippen LogP contribution is -2.14. The first-order valence-electron chi connectivity index (χ1n) is 9.62. The highest BCUT2D eigenvalue weighted by molar-refractivity contribution is 6.34. The van der Waals surface area contributed by atoms with Gasteiger partial charge in [0.1, 0.15) is 22.8 Å². The molecule has 0 atom stereocenters. The maximum absolute atomic E-state index is 13.5. The number of aromatic nitrogens is 5. The van der Waals surface area contributed by atoms with Gasteiger partial charge in [-0.2, -0.15) is 23.5 Å². The molecule has 32 heavy (non-hydrogen) atoms. The molecule has 0 aliphatic rings. The van der Waals surface area contributed by atoms with Crippen molar-refractivity contribution in [3.63, 3.8) is 0 Å². The Morgan fingerprint density at radius 3 is 2.44 bits per heavy atom. The second-order valence-corrected chi connectivity index (χ2v) is 8.74.